The Labute approximate surface area is 109 Å². The first-order valence-corrected chi connectivity index (χ1v) is 7.28. The van der Waals surface area contributed by atoms with Crippen molar-refractivity contribution in [3.63, 3.8) is 0 Å². The molecular weight excluding hydrogens is 284 g/mol. The van der Waals surface area contributed by atoms with Crippen molar-refractivity contribution in [3.05, 3.63) is 33.5 Å². The van der Waals surface area contributed by atoms with Crippen molar-refractivity contribution in [3.8, 4) is 0 Å². The van der Waals surface area contributed by atoms with Crippen LogP contribution in [0.5, 0.6) is 0 Å². The molecule has 0 saturated carbocycles. The second-order valence-corrected chi connectivity index (χ2v) is 5.76. The van der Waals surface area contributed by atoms with Crippen molar-refractivity contribution in [1.82, 2.24) is 10.2 Å². The Morgan fingerprint density at radius 1 is 1.56 bits per heavy atom. The summed E-state index contributed by atoms with van der Waals surface area (Å²) in [6.45, 7) is 8.33. The molecular formula is C12H17BrN2S. The van der Waals surface area contributed by atoms with Gasteiger partial charge >= 0.3 is 0 Å². The van der Waals surface area contributed by atoms with Crippen LogP contribution >= 0.6 is 27.3 Å². The summed E-state index contributed by atoms with van der Waals surface area (Å²) < 4.78 is 1.24. The Morgan fingerprint density at radius 3 is 2.88 bits per heavy atom. The molecule has 0 aliphatic carbocycles. The number of thiophene rings is 1. The number of rotatable bonds is 4. The first-order valence-electron chi connectivity index (χ1n) is 5.61. The SMILES string of the molecule is C=CC[C@@H](c1sccc1Br)N1CCNCC1. The summed E-state index contributed by atoms with van der Waals surface area (Å²) in [7, 11) is 0. The molecule has 0 amide bonds. The van der Waals surface area contributed by atoms with E-state index in [0.717, 1.165) is 32.6 Å². The highest BCUT2D eigenvalue weighted by Gasteiger charge is 2.23. The van der Waals surface area contributed by atoms with E-state index in [4.69, 9.17) is 0 Å². The normalized spacial score (nSPS) is 19.6. The van der Waals surface area contributed by atoms with Gasteiger partial charge in [0.25, 0.3) is 0 Å². The summed E-state index contributed by atoms with van der Waals surface area (Å²) in [5.74, 6) is 0. The molecule has 1 fully saturated rings. The number of hydrogen-bond acceptors (Lipinski definition) is 3. The first-order chi connectivity index (χ1) is 7.83. The Hall–Kier alpha value is -0.160. The van der Waals surface area contributed by atoms with Crippen LogP contribution in [0.1, 0.15) is 17.3 Å². The van der Waals surface area contributed by atoms with E-state index in [1.807, 2.05) is 17.4 Å². The van der Waals surface area contributed by atoms with Gasteiger partial charge in [-0.05, 0) is 33.8 Å². The van der Waals surface area contributed by atoms with E-state index in [9.17, 15) is 0 Å². The molecule has 0 unspecified atom stereocenters. The van der Waals surface area contributed by atoms with Gasteiger partial charge in [0.15, 0.2) is 0 Å². The van der Waals surface area contributed by atoms with Gasteiger partial charge < -0.3 is 5.32 Å². The van der Waals surface area contributed by atoms with Crippen LogP contribution in [0.4, 0.5) is 0 Å². The second kappa shape index (κ2) is 5.96. The lowest BCUT2D eigenvalue weighted by Crippen LogP contribution is -2.44. The molecule has 1 atom stereocenters. The fraction of sp³-hybridized carbons (Fsp3) is 0.500. The van der Waals surface area contributed by atoms with E-state index in [0.29, 0.717) is 6.04 Å². The van der Waals surface area contributed by atoms with Crippen LogP contribution in [0.25, 0.3) is 0 Å². The Kier molecular flexibility index (Phi) is 4.58. The third kappa shape index (κ3) is 2.74. The topological polar surface area (TPSA) is 15.3 Å². The average molecular weight is 301 g/mol. The minimum Gasteiger partial charge on any atom is -0.314 e. The third-order valence-electron chi connectivity index (χ3n) is 2.93. The molecule has 0 bridgehead atoms. The summed E-state index contributed by atoms with van der Waals surface area (Å²) in [5, 5.41) is 5.55. The van der Waals surface area contributed by atoms with E-state index in [1.165, 1.54) is 9.35 Å². The number of nitrogens with zero attached hydrogens (tertiary/aromatic N) is 1. The predicted octanol–water partition coefficient (Wildman–Crippen LogP) is 3.03. The molecule has 2 heterocycles. The van der Waals surface area contributed by atoms with Gasteiger partial charge in [0.05, 0.1) is 0 Å². The standard InChI is InChI=1S/C12H17BrN2S/c1-2-3-11(12-10(13)4-9-16-12)15-7-5-14-6-8-15/h2,4,9,11,14H,1,3,5-8H2/t11-/m0/s1. The molecule has 2 nitrogen and oxygen atoms in total. The molecule has 0 spiro atoms. The lowest BCUT2D eigenvalue weighted by atomic mass is 10.1. The van der Waals surface area contributed by atoms with Gasteiger partial charge in [-0.1, -0.05) is 6.08 Å². The smallest absolute Gasteiger partial charge is 0.0488 e. The van der Waals surface area contributed by atoms with Crippen molar-refractivity contribution >= 4 is 27.3 Å². The van der Waals surface area contributed by atoms with Crippen molar-refractivity contribution in [2.45, 2.75) is 12.5 Å². The van der Waals surface area contributed by atoms with E-state index in [-0.39, 0.29) is 0 Å². The van der Waals surface area contributed by atoms with Gasteiger partial charge in [-0.15, -0.1) is 17.9 Å². The molecule has 4 heteroatoms. The highest BCUT2D eigenvalue weighted by atomic mass is 79.9. The molecule has 16 heavy (non-hydrogen) atoms. The molecule has 1 aromatic heterocycles. The minimum absolute atomic E-state index is 0.494. The van der Waals surface area contributed by atoms with Gasteiger partial charge in [-0.2, -0.15) is 0 Å². The number of hydrogen-bond donors (Lipinski definition) is 1. The van der Waals surface area contributed by atoms with Crippen molar-refractivity contribution < 1.29 is 0 Å². The fourth-order valence-electron chi connectivity index (χ4n) is 2.12. The summed E-state index contributed by atoms with van der Waals surface area (Å²) in [5.41, 5.74) is 0. The zero-order valence-electron chi connectivity index (χ0n) is 9.29. The van der Waals surface area contributed by atoms with Crippen LogP contribution in [-0.4, -0.2) is 31.1 Å². The molecule has 1 aliphatic heterocycles. The number of nitrogens with one attached hydrogen (secondary N) is 1. The molecule has 0 radical (unpaired) electrons. The minimum atomic E-state index is 0.494. The van der Waals surface area contributed by atoms with Crippen molar-refractivity contribution in [2.75, 3.05) is 26.2 Å². The fourth-order valence-corrected chi connectivity index (χ4v) is 3.90. The third-order valence-corrected chi connectivity index (χ3v) is 4.90. The van der Waals surface area contributed by atoms with Crippen LogP contribution in [0.3, 0.4) is 0 Å². The quantitative estimate of drug-likeness (QED) is 0.860. The maximum atomic E-state index is 3.88. The molecule has 1 saturated heterocycles. The summed E-state index contributed by atoms with van der Waals surface area (Å²) >= 11 is 5.47. The maximum absolute atomic E-state index is 3.88. The zero-order chi connectivity index (χ0) is 11.4. The molecule has 0 aromatic carbocycles. The van der Waals surface area contributed by atoms with Crippen LogP contribution in [-0.2, 0) is 0 Å². The van der Waals surface area contributed by atoms with Crippen LogP contribution in [0.15, 0.2) is 28.6 Å². The van der Waals surface area contributed by atoms with Gasteiger partial charge in [-0.3, -0.25) is 4.90 Å². The Bertz CT molecular complexity index is 345. The molecule has 1 aromatic rings. The summed E-state index contributed by atoms with van der Waals surface area (Å²) in [6, 6.07) is 2.63. The van der Waals surface area contributed by atoms with Crippen molar-refractivity contribution in [2.24, 2.45) is 0 Å². The zero-order valence-corrected chi connectivity index (χ0v) is 11.7. The predicted molar refractivity (Wildman–Crippen MR) is 74.0 cm³/mol. The van der Waals surface area contributed by atoms with Gasteiger partial charge in [-0.25, -0.2) is 0 Å². The Morgan fingerprint density at radius 2 is 2.31 bits per heavy atom. The number of piperazine rings is 1. The van der Waals surface area contributed by atoms with Crippen molar-refractivity contribution in [1.29, 1.82) is 0 Å². The largest absolute Gasteiger partial charge is 0.314 e. The van der Waals surface area contributed by atoms with Gasteiger partial charge in [0.1, 0.15) is 0 Å². The Balaban J connectivity index is 2.15. The molecule has 1 aliphatic rings. The van der Waals surface area contributed by atoms with E-state index >= 15 is 0 Å². The van der Waals surface area contributed by atoms with Gasteiger partial charge in [0.2, 0.25) is 0 Å². The lowest BCUT2D eigenvalue weighted by molar-refractivity contribution is 0.176. The summed E-state index contributed by atoms with van der Waals surface area (Å²) in [6.07, 6.45) is 3.05. The number of halogens is 1. The van der Waals surface area contributed by atoms with Crippen LogP contribution in [0, 0.1) is 0 Å². The second-order valence-electron chi connectivity index (χ2n) is 3.96. The van der Waals surface area contributed by atoms with E-state index < -0.39 is 0 Å². The molecule has 88 valence electrons. The van der Waals surface area contributed by atoms with Gasteiger partial charge in [0, 0.05) is 41.6 Å². The first kappa shape index (κ1) is 12.3. The highest BCUT2D eigenvalue weighted by molar-refractivity contribution is 9.10. The summed E-state index contributed by atoms with van der Waals surface area (Å²) in [4.78, 5) is 3.98. The van der Waals surface area contributed by atoms with E-state index in [1.54, 1.807) is 0 Å². The molecule has 2 rings (SSSR count). The lowest BCUT2D eigenvalue weighted by Gasteiger charge is -2.34. The van der Waals surface area contributed by atoms with Crippen LogP contribution < -0.4 is 5.32 Å². The average Bonchev–Trinajstić information content (AvgIpc) is 2.73. The monoisotopic (exact) mass is 300 g/mol. The highest BCUT2D eigenvalue weighted by Crippen LogP contribution is 2.35. The van der Waals surface area contributed by atoms with E-state index in [2.05, 4.69) is 44.2 Å². The van der Waals surface area contributed by atoms with Crippen LogP contribution in [0.2, 0.25) is 0 Å². The maximum Gasteiger partial charge on any atom is 0.0488 e. The molecule has 1 N–H and O–H groups in total.